The smallest absolute Gasteiger partial charge is 0.314 e. The molecule has 0 fully saturated rings. The lowest BCUT2D eigenvalue weighted by atomic mass is 10.2. The van der Waals surface area contributed by atoms with E-state index in [-0.39, 0.29) is 0 Å². The van der Waals surface area contributed by atoms with E-state index in [1.807, 2.05) is 32.0 Å². The number of carbonyl (C=O) groups excluding carboxylic acids is 2. The molecule has 25 heavy (non-hydrogen) atoms. The lowest BCUT2D eigenvalue weighted by Gasteiger charge is -2.20. The van der Waals surface area contributed by atoms with Crippen molar-refractivity contribution >= 4 is 17.5 Å². The molecular formula is C19H23N3O3. The second-order valence-electron chi connectivity index (χ2n) is 5.37. The van der Waals surface area contributed by atoms with Gasteiger partial charge in [0.25, 0.3) is 0 Å². The summed E-state index contributed by atoms with van der Waals surface area (Å²) in [6, 6.07) is 10.9. The SMILES string of the molecule is CCOc1ccccc1NC(=O)C(=O)N(CC)CCc1ccncc1. The summed E-state index contributed by atoms with van der Waals surface area (Å²) in [6.07, 6.45) is 4.10. The first-order valence-corrected chi connectivity index (χ1v) is 8.36. The van der Waals surface area contributed by atoms with Gasteiger partial charge in [-0.15, -0.1) is 0 Å². The van der Waals surface area contributed by atoms with Crippen molar-refractivity contribution in [3.05, 3.63) is 54.4 Å². The molecule has 2 rings (SSSR count). The van der Waals surface area contributed by atoms with Crippen LogP contribution in [-0.4, -0.2) is 41.4 Å². The van der Waals surface area contributed by atoms with E-state index in [9.17, 15) is 9.59 Å². The predicted molar refractivity (Wildman–Crippen MR) is 96.4 cm³/mol. The Labute approximate surface area is 147 Å². The number of likely N-dealkylation sites (N-methyl/N-ethyl adjacent to an activating group) is 1. The summed E-state index contributed by atoms with van der Waals surface area (Å²) in [6.45, 7) is 5.13. The molecule has 0 atom stereocenters. The van der Waals surface area contributed by atoms with Gasteiger partial charge < -0.3 is 15.0 Å². The third-order valence-electron chi connectivity index (χ3n) is 3.72. The quantitative estimate of drug-likeness (QED) is 0.786. The Hall–Kier alpha value is -2.89. The number of carbonyl (C=O) groups is 2. The number of rotatable bonds is 7. The number of aromatic nitrogens is 1. The van der Waals surface area contributed by atoms with Gasteiger partial charge in [0, 0.05) is 25.5 Å². The Kier molecular flexibility index (Phi) is 6.95. The zero-order chi connectivity index (χ0) is 18.1. The first-order valence-electron chi connectivity index (χ1n) is 8.36. The highest BCUT2D eigenvalue weighted by Crippen LogP contribution is 2.23. The van der Waals surface area contributed by atoms with Crippen molar-refractivity contribution in [1.29, 1.82) is 0 Å². The van der Waals surface area contributed by atoms with Crippen LogP contribution in [0.25, 0.3) is 0 Å². The van der Waals surface area contributed by atoms with Gasteiger partial charge in [-0.1, -0.05) is 12.1 Å². The van der Waals surface area contributed by atoms with Crippen molar-refractivity contribution in [1.82, 2.24) is 9.88 Å². The van der Waals surface area contributed by atoms with Gasteiger partial charge in [-0.3, -0.25) is 14.6 Å². The highest BCUT2D eigenvalue weighted by molar-refractivity contribution is 6.39. The number of benzene rings is 1. The first-order chi connectivity index (χ1) is 12.2. The van der Waals surface area contributed by atoms with Crippen LogP contribution in [0.1, 0.15) is 19.4 Å². The molecule has 6 heteroatoms. The van der Waals surface area contributed by atoms with E-state index in [4.69, 9.17) is 4.74 Å². The minimum Gasteiger partial charge on any atom is -0.492 e. The topological polar surface area (TPSA) is 71.5 Å². The molecule has 132 valence electrons. The van der Waals surface area contributed by atoms with Crippen LogP contribution in [0.5, 0.6) is 5.75 Å². The second-order valence-corrected chi connectivity index (χ2v) is 5.37. The molecule has 0 saturated carbocycles. The van der Waals surface area contributed by atoms with Crippen molar-refractivity contribution in [2.24, 2.45) is 0 Å². The van der Waals surface area contributed by atoms with Gasteiger partial charge >= 0.3 is 11.8 Å². The summed E-state index contributed by atoms with van der Waals surface area (Å²) >= 11 is 0. The number of ether oxygens (including phenoxy) is 1. The van der Waals surface area contributed by atoms with Crippen LogP contribution in [0.2, 0.25) is 0 Å². The summed E-state index contributed by atoms with van der Waals surface area (Å²) in [7, 11) is 0. The molecule has 1 aromatic heterocycles. The van der Waals surface area contributed by atoms with E-state index in [1.165, 1.54) is 4.90 Å². The minimum absolute atomic E-state index is 0.463. The Morgan fingerprint density at radius 1 is 1.12 bits per heavy atom. The largest absolute Gasteiger partial charge is 0.492 e. The summed E-state index contributed by atoms with van der Waals surface area (Å²) in [4.78, 5) is 30.2. The number of nitrogens with one attached hydrogen (secondary N) is 1. The van der Waals surface area contributed by atoms with Crippen LogP contribution in [0.15, 0.2) is 48.8 Å². The Bertz CT molecular complexity index is 704. The summed E-state index contributed by atoms with van der Waals surface area (Å²) < 4.78 is 5.46. The molecule has 6 nitrogen and oxygen atoms in total. The molecule has 0 radical (unpaired) electrons. The van der Waals surface area contributed by atoms with Gasteiger partial charge in [0.15, 0.2) is 0 Å². The molecule has 2 aromatic rings. The Morgan fingerprint density at radius 2 is 1.84 bits per heavy atom. The fourth-order valence-electron chi connectivity index (χ4n) is 2.39. The van der Waals surface area contributed by atoms with E-state index in [0.29, 0.717) is 37.6 Å². The maximum Gasteiger partial charge on any atom is 0.314 e. The third-order valence-corrected chi connectivity index (χ3v) is 3.72. The van der Waals surface area contributed by atoms with Crippen molar-refractivity contribution in [3.63, 3.8) is 0 Å². The molecule has 0 aliphatic rings. The lowest BCUT2D eigenvalue weighted by molar-refractivity contribution is -0.143. The Balaban J connectivity index is 1.98. The molecular weight excluding hydrogens is 318 g/mol. The monoisotopic (exact) mass is 341 g/mol. The van der Waals surface area contributed by atoms with Crippen molar-refractivity contribution in [2.75, 3.05) is 25.0 Å². The number of para-hydroxylation sites is 2. The normalized spacial score (nSPS) is 10.2. The molecule has 0 unspecified atom stereocenters. The van der Waals surface area contributed by atoms with Gasteiger partial charge in [0.1, 0.15) is 5.75 Å². The van der Waals surface area contributed by atoms with Crippen LogP contribution in [0, 0.1) is 0 Å². The molecule has 0 aliphatic carbocycles. The standard InChI is InChI=1S/C19H23N3O3/c1-3-22(14-11-15-9-12-20-13-10-15)19(24)18(23)21-16-7-5-6-8-17(16)25-4-2/h5-10,12-13H,3-4,11,14H2,1-2H3,(H,21,23). The van der Waals surface area contributed by atoms with E-state index in [1.54, 1.807) is 30.6 Å². The first kappa shape index (κ1) is 18.4. The Morgan fingerprint density at radius 3 is 2.52 bits per heavy atom. The summed E-state index contributed by atoms with van der Waals surface area (Å²) in [5.41, 5.74) is 1.57. The van der Waals surface area contributed by atoms with E-state index >= 15 is 0 Å². The number of amides is 2. The van der Waals surface area contributed by atoms with Crippen molar-refractivity contribution in [2.45, 2.75) is 20.3 Å². The predicted octanol–water partition coefficient (Wildman–Crippen LogP) is 2.51. The van der Waals surface area contributed by atoms with Gasteiger partial charge in [0.05, 0.1) is 12.3 Å². The average molecular weight is 341 g/mol. The number of hydrogen-bond acceptors (Lipinski definition) is 4. The summed E-state index contributed by atoms with van der Waals surface area (Å²) in [5, 5.41) is 2.64. The highest BCUT2D eigenvalue weighted by Gasteiger charge is 2.21. The van der Waals surface area contributed by atoms with Gasteiger partial charge in [-0.2, -0.15) is 0 Å². The zero-order valence-electron chi connectivity index (χ0n) is 14.6. The molecule has 0 saturated heterocycles. The molecule has 0 aliphatic heterocycles. The van der Waals surface area contributed by atoms with E-state index in [0.717, 1.165) is 5.56 Å². The maximum atomic E-state index is 12.4. The van der Waals surface area contributed by atoms with Crippen molar-refractivity contribution < 1.29 is 14.3 Å². The molecule has 1 heterocycles. The zero-order valence-corrected chi connectivity index (χ0v) is 14.6. The fourth-order valence-corrected chi connectivity index (χ4v) is 2.39. The van der Waals surface area contributed by atoms with Gasteiger partial charge in [-0.05, 0) is 50.1 Å². The molecule has 1 N–H and O–H groups in total. The van der Waals surface area contributed by atoms with Crippen LogP contribution < -0.4 is 10.1 Å². The number of anilines is 1. The fraction of sp³-hybridized carbons (Fsp3) is 0.316. The van der Waals surface area contributed by atoms with Crippen molar-refractivity contribution in [3.8, 4) is 5.75 Å². The number of nitrogens with zero attached hydrogens (tertiary/aromatic N) is 2. The van der Waals surface area contributed by atoms with Crippen LogP contribution >= 0.6 is 0 Å². The second kappa shape index (κ2) is 9.42. The molecule has 2 amide bonds. The maximum absolute atomic E-state index is 12.4. The number of pyridine rings is 1. The molecule has 0 bridgehead atoms. The summed E-state index contributed by atoms with van der Waals surface area (Å²) in [5.74, 6) is -0.669. The average Bonchev–Trinajstić information content (AvgIpc) is 2.64. The van der Waals surface area contributed by atoms with E-state index < -0.39 is 11.8 Å². The highest BCUT2D eigenvalue weighted by atomic mass is 16.5. The van der Waals surface area contributed by atoms with Crippen LogP contribution in [-0.2, 0) is 16.0 Å². The van der Waals surface area contributed by atoms with Gasteiger partial charge in [0.2, 0.25) is 0 Å². The molecule has 0 spiro atoms. The van der Waals surface area contributed by atoms with Crippen LogP contribution in [0.4, 0.5) is 5.69 Å². The number of hydrogen-bond donors (Lipinski definition) is 1. The van der Waals surface area contributed by atoms with E-state index in [2.05, 4.69) is 10.3 Å². The lowest BCUT2D eigenvalue weighted by Crippen LogP contribution is -2.40. The van der Waals surface area contributed by atoms with Gasteiger partial charge in [-0.25, -0.2) is 0 Å². The minimum atomic E-state index is -0.663. The molecule has 1 aromatic carbocycles. The van der Waals surface area contributed by atoms with Crippen LogP contribution in [0.3, 0.4) is 0 Å². The third kappa shape index (κ3) is 5.31.